The van der Waals surface area contributed by atoms with Crippen LogP contribution in [0, 0.1) is 20.7 Å². The third-order valence-electron chi connectivity index (χ3n) is 3.34. The topological polar surface area (TPSA) is 87.1 Å². The molecule has 0 bridgehead atoms. The SMILES string of the molecule is CC(C)(C)C(=O)Cc1cc([N+](=O)[O-])c2ccccc2[n+]1[O-]. The first-order valence-corrected chi connectivity index (χ1v) is 6.53. The van der Waals surface area contributed by atoms with Crippen LogP contribution < -0.4 is 4.73 Å². The molecule has 6 nitrogen and oxygen atoms in total. The summed E-state index contributed by atoms with van der Waals surface area (Å²) in [6, 6.07) is 7.50. The van der Waals surface area contributed by atoms with E-state index in [9.17, 15) is 20.1 Å². The standard InChI is InChI=1S/C15H16N2O4/c1-15(2,3)14(18)9-10-8-13(17(20)21)11-6-4-5-7-12(11)16(10)19/h4-8H,9H2,1-3H3. The van der Waals surface area contributed by atoms with Gasteiger partial charge in [0, 0.05) is 11.5 Å². The van der Waals surface area contributed by atoms with E-state index in [2.05, 4.69) is 0 Å². The number of para-hydroxylation sites is 1. The van der Waals surface area contributed by atoms with Gasteiger partial charge in [-0.2, -0.15) is 4.73 Å². The summed E-state index contributed by atoms with van der Waals surface area (Å²) in [5, 5.41) is 23.7. The molecule has 0 aliphatic heterocycles. The van der Waals surface area contributed by atoms with Gasteiger partial charge in [0.25, 0.3) is 5.69 Å². The molecule has 1 aromatic carbocycles. The van der Waals surface area contributed by atoms with Crippen LogP contribution in [0.2, 0.25) is 0 Å². The van der Waals surface area contributed by atoms with Crippen molar-refractivity contribution in [1.29, 1.82) is 0 Å². The molecule has 0 radical (unpaired) electrons. The highest BCUT2D eigenvalue weighted by Crippen LogP contribution is 2.25. The van der Waals surface area contributed by atoms with Crippen LogP contribution in [0.1, 0.15) is 26.5 Å². The Balaban J connectivity index is 2.63. The summed E-state index contributed by atoms with van der Waals surface area (Å²) in [5.74, 6) is -0.142. The molecule has 110 valence electrons. The normalized spacial score (nSPS) is 11.6. The molecule has 21 heavy (non-hydrogen) atoms. The minimum absolute atomic E-state index is 0.0975. The fourth-order valence-electron chi connectivity index (χ4n) is 2.02. The number of pyridine rings is 1. The Morgan fingerprint density at radius 3 is 2.48 bits per heavy atom. The van der Waals surface area contributed by atoms with Gasteiger partial charge in [-0.25, -0.2) is 0 Å². The zero-order valence-corrected chi connectivity index (χ0v) is 12.1. The zero-order chi connectivity index (χ0) is 15.8. The van der Waals surface area contributed by atoms with Crippen molar-refractivity contribution in [1.82, 2.24) is 0 Å². The first-order chi connectivity index (χ1) is 9.71. The van der Waals surface area contributed by atoms with Gasteiger partial charge in [-0.3, -0.25) is 14.9 Å². The van der Waals surface area contributed by atoms with Crippen LogP contribution in [0.4, 0.5) is 5.69 Å². The molecule has 0 fully saturated rings. The lowest BCUT2D eigenvalue weighted by Gasteiger charge is -2.16. The summed E-state index contributed by atoms with van der Waals surface area (Å²) in [6.45, 7) is 5.25. The zero-order valence-electron chi connectivity index (χ0n) is 12.1. The third-order valence-corrected chi connectivity index (χ3v) is 3.34. The van der Waals surface area contributed by atoms with Gasteiger partial charge in [0.15, 0.2) is 0 Å². The van der Waals surface area contributed by atoms with E-state index >= 15 is 0 Å². The monoisotopic (exact) mass is 288 g/mol. The minimum Gasteiger partial charge on any atom is -0.618 e. The highest BCUT2D eigenvalue weighted by Gasteiger charge is 2.28. The van der Waals surface area contributed by atoms with Gasteiger partial charge < -0.3 is 5.21 Å². The van der Waals surface area contributed by atoms with E-state index in [1.807, 2.05) is 0 Å². The Bertz CT molecular complexity index is 732. The van der Waals surface area contributed by atoms with Gasteiger partial charge in [0.05, 0.1) is 17.4 Å². The largest absolute Gasteiger partial charge is 0.618 e. The molecule has 6 heteroatoms. The van der Waals surface area contributed by atoms with E-state index in [0.717, 1.165) is 0 Å². The molecule has 0 amide bonds. The van der Waals surface area contributed by atoms with Crippen molar-refractivity contribution >= 4 is 22.4 Å². The molecule has 1 heterocycles. The van der Waals surface area contributed by atoms with E-state index < -0.39 is 10.3 Å². The molecule has 0 aliphatic rings. The molecule has 1 aromatic heterocycles. The van der Waals surface area contributed by atoms with Crippen LogP contribution in [0.3, 0.4) is 0 Å². The van der Waals surface area contributed by atoms with Gasteiger partial charge in [0.2, 0.25) is 11.2 Å². The smallest absolute Gasteiger partial charge is 0.289 e. The van der Waals surface area contributed by atoms with Gasteiger partial charge in [-0.1, -0.05) is 32.9 Å². The lowest BCUT2D eigenvalue weighted by atomic mass is 9.88. The number of hydrogen-bond donors (Lipinski definition) is 0. The summed E-state index contributed by atoms with van der Waals surface area (Å²) < 4.78 is 0.603. The average molecular weight is 288 g/mol. The van der Waals surface area contributed by atoms with E-state index in [0.29, 0.717) is 4.73 Å². The highest BCUT2D eigenvalue weighted by molar-refractivity contribution is 5.88. The highest BCUT2D eigenvalue weighted by atomic mass is 16.6. The summed E-state index contributed by atoms with van der Waals surface area (Å²) in [5.41, 5.74) is -0.467. The quantitative estimate of drug-likeness (QED) is 0.376. The molecule has 0 saturated heterocycles. The van der Waals surface area contributed by atoms with Crippen molar-refractivity contribution < 1.29 is 14.4 Å². The number of nitro groups is 1. The fraction of sp³-hybridized carbons (Fsp3) is 0.333. The lowest BCUT2D eigenvalue weighted by molar-refractivity contribution is -0.585. The maximum atomic E-state index is 12.3. The molecule has 0 aliphatic carbocycles. The summed E-state index contributed by atoms with van der Waals surface area (Å²) in [4.78, 5) is 22.7. The predicted molar refractivity (Wildman–Crippen MR) is 77.7 cm³/mol. The Hall–Kier alpha value is -2.50. The van der Waals surface area contributed by atoms with Crippen molar-refractivity contribution in [3.05, 3.63) is 51.3 Å². The fourth-order valence-corrected chi connectivity index (χ4v) is 2.02. The van der Waals surface area contributed by atoms with Gasteiger partial charge in [0.1, 0.15) is 11.2 Å². The van der Waals surface area contributed by atoms with E-state index in [1.54, 1.807) is 32.9 Å². The number of nitrogens with zero attached hydrogens (tertiary/aromatic N) is 2. The van der Waals surface area contributed by atoms with E-state index in [4.69, 9.17) is 0 Å². The maximum Gasteiger partial charge on any atom is 0.289 e. The molecule has 0 spiro atoms. The van der Waals surface area contributed by atoms with E-state index in [1.165, 1.54) is 18.2 Å². The number of benzene rings is 1. The van der Waals surface area contributed by atoms with Crippen molar-refractivity contribution in [3.63, 3.8) is 0 Å². The number of Topliss-reactive ketones (excluding diaryl/α,β-unsaturated/α-hetero) is 1. The van der Waals surface area contributed by atoms with Crippen molar-refractivity contribution in [3.8, 4) is 0 Å². The molecular formula is C15H16N2O4. The van der Waals surface area contributed by atoms with Crippen molar-refractivity contribution in [2.75, 3.05) is 0 Å². The van der Waals surface area contributed by atoms with Crippen LogP contribution >= 0.6 is 0 Å². The Morgan fingerprint density at radius 1 is 1.29 bits per heavy atom. The van der Waals surface area contributed by atoms with Gasteiger partial charge >= 0.3 is 0 Å². The summed E-state index contributed by atoms with van der Waals surface area (Å²) in [6.07, 6.45) is -0.126. The Labute approximate surface area is 121 Å². The maximum absolute atomic E-state index is 12.3. The molecule has 0 unspecified atom stereocenters. The second-order valence-electron chi connectivity index (χ2n) is 5.94. The second-order valence-corrected chi connectivity index (χ2v) is 5.94. The Kier molecular flexibility index (Phi) is 3.63. The lowest BCUT2D eigenvalue weighted by Crippen LogP contribution is -2.36. The second kappa shape index (κ2) is 5.12. The molecule has 0 N–H and O–H groups in total. The molecule has 2 rings (SSSR count). The van der Waals surface area contributed by atoms with Crippen LogP contribution in [-0.2, 0) is 11.2 Å². The molecular weight excluding hydrogens is 272 g/mol. The number of rotatable bonds is 3. The van der Waals surface area contributed by atoms with Crippen LogP contribution in [0.5, 0.6) is 0 Å². The summed E-state index contributed by atoms with van der Waals surface area (Å²) in [7, 11) is 0. The van der Waals surface area contributed by atoms with Crippen LogP contribution in [-0.4, -0.2) is 10.7 Å². The number of fused-ring (bicyclic) bond motifs is 1. The number of aromatic nitrogens is 1. The number of ketones is 1. The van der Waals surface area contributed by atoms with Gasteiger partial charge in [-0.05, 0) is 6.07 Å². The van der Waals surface area contributed by atoms with Crippen molar-refractivity contribution in [2.45, 2.75) is 27.2 Å². The van der Waals surface area contributed by atoms with Crippen molar-refractivity contribution in [2.24, 2.45) is 5.41 Å². The summed E-state index contributed by atoms with van der Waals surface area (Å²) >= 11 is 0. The number of carbonyl (C=O) groups is 1. The first-order valence-electron chi connectivity index (χ1n) is 6.53. The average Bonchev–Trinajstić information content (AvgIpc) is 2.40. The van der Waals surface area contributed by atoms with Gasteiger partial charge in [-0.15, -0.1) is 0 Å². The minimum atomic E-state index is -0.604. The predicted octanol–water partition coefficient (Wildman–Crippen LogP) is 2.54. The molecule has 0 saturated carbocycles. The number of hydrogen-bond acceptors (Lipinski definition) is 4. The van der Waals surface area contributed by atoms with Crippen LogP contribution in [0.15, 0.2) is 30.3 Å². The first kappa shape index (κ1) is 14.9. The molecule has 0 atom stereocenters. The Morgan fingerprint density at radius 2 is 1.90 bits per heavy atom. The molecule has 2 aromatic rings. The van der Waals surface area contributed by atoms with Crippen LogP contribution in [0.25, 0.3) is 10.9 Å². The van der Waals surface area contributed by atoms with E-state index in [-0.39, 0.29) is 34.5 Å². The number of carbonyl (C=O) groups excluding carboxylic acids is 1. The third kappa shape index (κ3) is 2.84.